The number of aromatic nitrogens is 1. The minimum absolute atomic E-state index is 0.225. The molecule has 2 heterocycles. The summed E-state index contributed by atoms with van der Waals surface area (Å²) in [7, 11) is 2.17. The molecule has 0 bridgehead atoms. The molecule has 40 heavy (non-hydrogen) atoms. The summed E-state index contributed by atoms with van der Waals surface area (Å²) in [4.78, 5) is 15.6. The van der Waals surface area contributed by atoms with Crippen molar-refractivity contribution >= 4 is 5.91 Å². The fraction of sp³-hybridized carbons (Fsp3) is 0.353. The van der Waals surface area contributed by atoms with Crippen LogP contribution in [0, 0.1) is 6.92 Å². The first-order chi connectivity index (χ1) is 19.4. The standard InChI is InChI=1S/C34H39N3O3/c1-6-35-34(38)33-31(27-13-12-25-14-16-37(5)17-15-26(25)19-27)32(36-40-33)29-20-28(22(2)3)23(4)18-30(29)39-21-24-10-8-7-9-11-24/h7-13,18-20,22H,6,14-17,21H2,1-5H3,(H,35,38). The number of carbonyl (C=O) groups excluding carboxylic acids is 1. The van der Waals surface area contributed by atoms with E-state index < -0.39 is 0 Å². The lowest BCUT2D eigenvalue weighted by atomic mass is 9.90. The van der Waals surface area contributed by atoms with E-state index in [2.05, 4.69) is 85.7 Å². The Morgan fingerprint density at radius 2 is 1.80 bits per heavy atom. The van der Waals surface area contributed by atoms with Gasteiger partial charge in [0, 0.05) is 25.2 Å². The lowest BCUT2D eigenvalue weighted by Gasteiger charge is -2.17. The van der Waals surface area contributed by atoms with Gasteiger partial charge in [-0.1, -0.05) is 67.5 Å². The molecule has 0 saturated carbocycles. The average molecular weight is 538 g/mol. The number of ether oxygens (including phenoxy) is 1. The van der Waals surface area contributed by atoms with E-state index in [4.69, 9.17) is 9.26 Å². The fourth-order valence-electron chi connectivity index (χ4n) is 5.49. The largest absolute Gasteiger partial charge is 0.488 e. The first-order valence-electron chi connectivity index (χ1n) is 14.3. The molecular weight excluding hydrogens is 498 g/mol. The fourth-order valence-corrected chi connectivity index (χ4v) is 5.49. The zero-order valence-corrected chi connectivity index (χ0v) is 24.2. The Morgan fingerprint density at radius 3 is 2.52 bits per heavy atom. The Balaban J connectivity index is 1.66. The molecule has 1 aromatic heterocycles. The van der Waals surface area contributed by atoms with Crippen molar-refractivity contribution in [1.82, 2.24) is 15.4 Å². The molecule has 4 aromatic rings. The molecule has 3 aromatic carbocycles. The van der Waals surface area contributed by atoms with Gasteiger partial charge >= 0.3 is 0 Å². The topological polar surface area (TPSA) is 67.6 Å². The molecule has 1 aliphatic rings. The van der Waals surface area contributed by atoms with E-state index in [-0.39, 0.29) is 11.7 Å². The summed E-state index contributed by atoms with van der Waals surface area (Å²) in [5.41, 5.74) is 9.20. The Bertz CT molecular complexity index is 1490. The SMILES string of the molecule is CCNC(=O)c1onc(-c2cc(C(C)C)c(C)cc2OCc2ccccc2)c1-c1ccc2c(c1)CCN(C)CC2. The second-order valence-electron chi connectivity index (χ2n) is 11.0. The molecule has 6 nitrogen and oxygen atoms in total. The Hall–Kier alpha value is -3.90. The molecule has 0 unspecified atom stereocenters. The first-order valence-corrected chi connectivity index (χ1v) is 14.3. The number of fused-ring (bicyclic) bond motifs is 1. The van der Waals surface area contributed by atoms with Crippen LogP contribution in [0.1, 0.15) is 65.1 Å². The number of hydrogen-bond acceptors (Lipinski definition) is 5. The number of carbonyl (C=O) groups is 1. The van der Waals surface area contributed by atoms with E-state index in [0.717, 1.165) is 53.9 Å². The van der Waals surface area contributed by atoms with Crippen molar-refractivity contribution in [2.45, 2.75) is 53.1 Å². The van der Waals surface area contributed by atoms with Gasteiger partial charge in [-0.3, -0.25) is 4.79 Å². The van der Waals surface area contributed by atoms with Gasteiger partial charge in [0.2, 0.25) is 5.76 Å². The Labute approximate surface area is 237 Å². The Kier molecular flexibility index (Phi) is 8.36. The highest BCUT2D eigenvalue weighted by atomic mass is 16.5. The van der Waals surface area contributed by atoms with Crippen molar-refractivity contribution in [3.05, 3.63) is 94.2 Å². The lowest BCUT2D eigenvalue weighted by Crippen LogP contribution is -2.22. The smallest absolute Gasteiger partial charge is 0.290 e. The molecular formula is C34H39N3O3. The van der Waals surface area contributed by atoms with E-state index in [9.17, 15) is 4.79 Å². The second kappa shape index (κ2) is 12.1. The van der Waals surface area contributed by atoms with Crippen LogP contribution < -0.4 is 10.1 Å². The summed E-state index contributed by atoms with van der Waals surface area (Å²) in [6.07, 6.45) is 1.98. The highest BCUT2D eigenvalue weighted by Gasteiger charge is 2.28. The van der Waals surface area contributed by atoms with Gasteiger partial charge in [0.25, 0.3) is 5.91 Å². The number of rotatable bonds is 8. The third-order valence-electron chi connectivity index (χ3n) is 7.74. The van der Waals surface area contributed by atoms with Crippen LogP contribution in [-0.2, 0) is 19.4 Å². The van der Waals surface area contributed by atoms with Gasteiger partial charge in [0.05, 0.1) is 5.56 Å². The van der Waals surface area contributed by atoms with Crippen LogP contribution in [-0.4, -0.2) is 42.6 Å². The minimum atomic E-state index is -0.270. The summed E-state index contributed by atoms with van der Waals surface area (Å²) in [6.45, 7) is 11.4. The maximum atomic E-state index is 13.2. The van der Waals surface area contributed by atoms with Crippen LogP contribution in [0.4, 0.5) is 0 Å². The normalized spacial score (nSPS) is 13.7. The maximum absolute atomic E-state index is 13.2. The van der Waals surface area contributed by atoms with Crippen LogP contribution in [0.5, 0.6) is 5.75 Å². The van der Waals surface area contributed by atoms with E-state index in [1.54, 1.807) is 0 Å². The molecule has 0 aliphatic carbocycles. The van der Waals surface area contributed by atoms with Gasteiger partial charge in [-0.15, -0.1) is 0 Å². The van der Waals surface area contributed by atoms with Crippen molar-refractivity contribution in [2.24, 2.45) is 0 Å². The van der Waals surface area contributed by atoms with Crippen molar-refractivity contribution in [3.8, 4) is 28.1 Å². The number of amides is 1. The minimum Gasteiger partial charge on any atom is -0.488 e. The molecule has 6 heteroatoms. The van der Waals surface area contributed by atoms with Crippen LogP contribution >= 0.6 is 0 Å². The molecule has 0 radical (unpaired) electrons. The lowest BCUT2D eigenvalue weighted by molar-refractivity contribution is 0.0920. The third kappa shape index (κ3) is 5.82. The van der Waals surface area contributed by atoms with Crippen molar-refractivity contribution in [2.75, 3.05) is 26.7 Å². The van der Waals surface area contributed by atoms with Crippen LogP contribution in [0.3, 0.4) is 0 Å². The molecule has 0 saturated heterocycles. The molecule has 208 valence electrons. The van der Waals surface area contributed by atoms with Gasteiger partial charge < -0.3 is 19.5 Å². The van der Waals surface area contributed by atoms with Gasteiger partial charge in [-0.05, 0) is 85.2 Å². The number of hydrogen-bond donors (Lipinski definition) is 1. The van der Waals surface area contributed by atoms with Gasteiger partial charge in [-0.25, -0.2) is 0 Å². The molecule has 1 aliphatic heterocycles. The molecule has 1 amide bonds. The van der Waals surface area contributed by atoms with E-state index >= 15 is 0 Å². The first kappa shape index (κ1) is 27.7. The van der Waals surface area contributed by atoms with E-state index in [1.807, 2.05) is 25.1 Å². The van der Waals surface area contributed by atoms with Crippen molar-refractivity contribution < 1.29 is 14.1 Å². The zero-order chi connectivity index (χ0) is 28.2. The number of benzene rings is 3. The van der Waals surface area contributed by atoms with Gasteiger partial charge in [0.15, 0.2) is 0 Å². The average Bonchev–Trinajstić information content (AvgIpc) is 3.30. The third-order valence-corrected chi connectivity index (χ3v) is 7.74. The summed E-state index contributed by atoms with van der Waals surface area (Å²) in [5.74, 6) is 0.987. The maximum Gasteiger partial charge on any atom is 0.290 e. The number of likely N-dealkylation sites (N-methyl/N-ethyl adjacent to an activating group) is 1. The monoisotopic (exact) mass is 537 g/mol. The summed E-state index contributed by atoms with van der Waals surface area (Å²) in [5, 5.41) is 7.43. The van der Waals surface area contributed by atoms with E-state index in [1.165, 1.54) is 16.7 Å². The quantitative estimate of drug-likeness (QED) is 0.268. The number of nitrogens with zero attached hydrogens (tertiary/aromatic N) is 2. The molecule has 0 atom stereocenters. The summed E-state index contributed by atoms with van der Waals surface area (Å²) in [6, 6.07) is 20.9. The van der Waals surface area contributed by atoms with Crippen LogP contribution in [0.2, 0.25) is 0 Å². The van der Waals surface area contributed by atoms with Crippen molar-refractivity contribution in [1.29, 1.82) is 0 Å². The highest BCUT2D eigenvalue weighted by molar-refractivity contribution is 6.02. The summed E-state index contributed by atoms with van der Waals surface area (Å²) < 4.78 is 12.3. The zero-order valence-electron chi connectivity index (χ0n) is 24.2. The second-order valence-corrected chi connectivity index (χ2v) is 11.0. The van der Waals surface area contributed by atoms with Gasteiger partial charge in [0.1, 0.15) is 18.1 Å². The van der Waals surface area contributed by atoms with Gasteiger partial charge in [-0.2, -0.15) is 0 Å². The highest BCUT2D eigenvalue weighted by Crippen LogP contribution is 2.42. The summed E-state index contributed by atoms with van der Waals surface area (Å²) >= 11 is 0. The molecule has 0 spiro atoms. The molecule has 1 N–H and O–H groups in total. The molecule has 0 fully saturated rings. The molecule has 5 rings (SSSR count). The van der Waals surface area contributed by atoms with Crippen LogP contribution in [0.25, 0.3) is 22.4 Å². The number of aryl methyl sites for hydroxylation is 1. The number of nitrogens with one attached hydrogen (secondary N) is 1. The van der Waals surface area contributed by atoms with Crippen LogP contribution in [0.15, 0.2) is 65.2 Å². The van der Waals surface area contributed by atoms with E-state index in [0.29, 0.717) is 30.3 Å². The predicted octanol–water partition coefficient (Wildman–Crippen LogP) is 6.80. The van der Waals surface area contributed by atoms with Crippen molar-refractivity contribution in [3.63, 3.8) is 0 Å². The predicted molar refractivity (Wildman–Crippen MR) is 160 cm³/mol. The Morgan fingerprint density at radius 1 is 1.05 bits per heavy atom.